The summed E-state index contributed by atoms with van der Waals surface area (Å²) in [5.41, 5.74) is 1.61. The van der Waals surface area contributed by atoms with Crippen molar-refractivity contribution in [3.8, 4) is 6.07 Å². The second kappa shape index (κ2) is 4.41. The molecule has 1 fully saturated rings. The van der Waals surface area contributed by atoms with E-state index in [1.54, 1.807) is 12.1 Å². The first-order valence-electron chi connectivity index (χ1n) is 4.83. The zero-order valence-electron chi connectivity index (χ0n) is 8.18. The first-order chi connectivity index (χ1) is 7.33. The number of hydrogen-bond acceptors (Lipinski definition) is 4. The minimum atomic E-state index is -0.171. The molecule has 0 aliphatic carbocycles. The van der Waals surface area contributed by atoms with Crippen molar-refractivity contribution in [1.29, 1.82) is 5.26 Å². The van der Waals surface area contributed by atoms with Crippen molar-refractivity contribution in [2.24, 2.45) is 0 Å². The lowest BCUT2D eigenvalue weighted by Crippen LogP contribution is -2.17. The number of aliphatic hydroxyl groups is 1. The molecule has 1 aliphatic heterocycles. The fourth-order valence-corrected chi connectivity index (χ4v) is 1.56. The Hall–Kier alpha value is -1.41. The fourth-order valence-electron chi connectivity index (χ4n) is 1.56. The van der Waals surface area contributed by atoms with E-state index in [1.807, 2.05) is 12.1 Å². The molecular weight excluding hydrogens is 192 g/mol. The number of hydrogen-bond donors (Lipinski definition) is 2. The van der Waals surface area contributed by atoms with Crippen LogP contribution in [0, 0.1) is 11.3 Å². The van der Waals surface area contributed by atoms with Crippen LogP contribution in [-0.2, 0) is 4.74 Å². The molecule has 4 nitrogen and oxygen atoms in total. The zero-order chi connectivity index (χ0) is 10.7. The van der Waals surface area contributed by atoms with E-state index in [4.69, 9.17) is 15.1 Å². The van der Waals surface area contributed by atoms with Crippen molar-refractivity contribution in [2.45, 2.75) is 12.3 Å². The van der Waals surface area contributed by atoms with E-state index in [0.717, 1.165) is 5.56 Å². The van der Waals surface area contributed by atoms with Crippen LogP contribution in [0.5, 0.6) is 0 Å². The van der Waals surface area contributed by atoms with Gasteiger partial charge in [0.15, 0.2) is 0 Å². The topological polar surface area (TPSA) is 65.3 Å². The first-order valence-corrected chi connectivity index (χ1v) is 4.83. The van der Waals surface area contributed by atoms with Gasteiger partial charge in [-0.3, -0.25) is 5.32 Å². The van der Waals surface area contributed by atoms with Crippen molar-refractivity contribution in [3.63, 3.8) is 0 Å². The number of aliphatic hydroxyl groups excluding tert-OH is 1. The van der Waals surface area contributed by atoms with Gasteiger partial charge in [-0.25, -0.2) is 0 Å². The molecule has 1 heterocycles. The van der Waals surface area contributed by atoms with Crippen LogP contribution in [0.4, 0.5) is 0 Å². The van der Waals surface area contributed by atoms with Crippen molar-refractivity contribution < 1.29 is 9.84 Å². The summed E-state index contributed by atoms with van der Waals surface area (Å²) in [4.78, 5) is 0. The van der Waals surface area contributed by atoms with Crippen LogP contribution in [-0.4, -0.2) is 24.4 Å². The average Bonchev–Trinajstić information content (AvgIpc) is 2.78. The first kappa shape index (κ1) is 10.1. The van der Waals surface area contributed by atoms with E-state index in [9.17, 15) is 0 Å². The van der Waals surface area contributed by atoms with E-state index >= 15 is 0 Å². The Labute approximate surface area is 88.1 Å². The summed E-state index contributed by atoms with van der Waals surface area (Å²) in [7, 11) is 0. The van der Waals surface area contributed by atoms with Gasteiger partial charge in [0.05, 0.1) is 24.3 Å². The Morgan fingerprint density at radius 3 is 2.73 bits per heavy atom. The normalized spacial score (nSPS) is 25.1. The number of ether oxygens (including phenoxy) is 1. The molecule has 1 aliphatic rings. The standard InChI is InChI=1S/C11H12N2O2/c12-5-8-1-3-9(4-2-8)11-13-6-10(7-14)15-11/h1-4,10-11,13-14H,6-7H2. The third kappa shape index (κ3) is 2.16. The third-order valence-electron chi connectivity index (χ3n) is 2.41. The SMILES string of the molecule is N#Cc1ccc(C2NCC(CO)O2)cc1. The maximum atomic E-state index is 8.90. The molecule has 78 valence electrons. The smallest absolute Gasteiger partial charge is 0.134 e. The monoisotopic (exact) mass is 204 g/mol. The minimum absolute atomic E-state index is 0.0276. The highest BCUT2D eigenvalue weighted by Crippen LogP contribution is 2.21. The molecule has 4 heteroatoms. The molecular formula is C11H12N2O2. The molecule has 1 saturated heterocycles. The van der Waals surface area contributed by atoms with Crippen molar-refractivity contribution in [1.82, 2.24) is 5.32 Å². The van der Waals surface area contributed by atoms with Gasteiger partial charge in [0.1, 0.15) is 6.23 Å². The number of benzene rings is 1. The van der Waals surface area contributed by atoms with Crippen LogP contribution >= 0.6 is 0 Å². The molecule has 2 atom stereocenters. The second-order valence-corrected chi connectivity index (χ2v) is 3.46. The van der Waals surface area contributed by atoms with Crippen molar-refractivity contribution >= 4 is 0 Å². The molecule has 2 N–H and O–H groups in total. The van der Waals surface area contributed by atoms with Gasteiger partial charge >= 0.3 is 0 Å². The summed E-state index contributed by atoms with van der Waals surface area (Å²) in [6, 6.07) is 9.29. The predicted octanol–water partition coefficient (Wildman–Crippen LogP) is 0.538. The summed E-state index contributed by atoms with van der Waals surface area (Å²) < 4.78 is 5.53. The molecule has 1 aromatic rings. The molecule has 0 saturated carbocycles. The zero-order valence-corrected chi connectivity index (χ0v) is 8.18. The van der Waals surface area contributed by atoms with Gasteiger partial charge in [0, 0.05) is 6.54 Å². The number of nitrogens with zero attached hydrogens (tertiary/aromatic N) is 1. The molecule has 2 unspecified atom stereocenters. The minimum Gasteiger partial charge on any atom is -0.394 e. The highest BCUT2D eigenvalue weighted by atomic mass is 16.5. The number of nitriles is 1. The van der Waals surface area contributed by atoms with Crippen LogP contribution in [0.3, 0.4) is 0 Å². The Morgan fingerprint density at radius 1 is 1.47 bits per heavy atom. The lowest BCUT2D eigenvalue weighted by atomic mass is 10.1. The summed E-state index contributed by atoms with van der Waals surface area (Å²) in [5, 5.41) is 20.7. The predicted molar refractivity (Wildman–Crippen MR) is 53.9 cm³/mol. The van der Waals surface area contributed by atoms with E-state index in [1.165, 1.54) is 0 Å². The molecule has 2 rings (SSSR count). The fraction of sp³-hybridized carbons (Fsp3) is 0.364. The third-order valence-corrected chi connectivity index (χ3v) is 2.41. The van der Waals surface area contributed by atoms with E-state index < -0.39 is 0 Å². The maximum absolute atomic E-state index is 8.90. The van der Waals surface area contributed by atoms with Gasteiger partial charge < -0.3 is 9.84 Å². The Morgan fingerprint density at radius 2 is 2.20 bits per heavy atom. The maximum Gasteiger partial charge on any atom is 0.134 e. The number of nitrogens with one attached hydrogen (secondary N) is 1. The Bertz CT molecular complexity index is 369. The van der Waals surface area contributed by atoms with E-state index in [0.29, 0.717) is 12.1 Å². The summed E-state index contributed by atoms with van der Waals surface area (Å²) in [5.74, 6) is 0. The largest absolute Gasteiger partial charge is 0.394 e. The van der Waals surface area contributed by atoms with Crippen LogP contribution < -0.4 is 5.32 Å². The molecule has 0 amide bonds. The molecule has 15 heavy (non-hydrogen) atoms. The highest BCUT2D eigenvalue weighted by molar-refractivity contribution is 5.32. The average molecular weight is 204 g/mol. The molecule has 0 spiro atoms. The van der Waals surface area contributed by atoms with Gasteiger partial charge in [-0.15, -0.1) is 0 Å². The second-order valence-electron chi connectivity index (χ2n) is 3.46. The Kier molecular flexibility index (Phi) is 2.97. The van der Waals surface area contributed by atoms with Gasteiger partial charge in [-0.1, -0.05) is 12.1 Å². The van der Waals surface area contributed by atoms with E-state index in [2.05, 4.69) is 11.4 Å². The van der Waals surface area contributed by atoms with Gasteiger partial charge in [0.25, 0.3) is 0 Å². The van der Waals surface area contributed by atoms with Crippen molar-refractivity contribution in [3.05, 3.63) is 35.4 Å². The molecule has 1 aromatic carbocycles. The molecule has 0 bridgehead atoms. The molecule has 0 radical (unpaired) electrons. The summed E-state index contributed by atoms with van der Waals surface area (Å²) >= 11 is 0. The summed E-state index contributed by atoms with van der Waals surface area (Å²) in [6.07, 6.45) is -0.305. The lowest BCUT2D eigenvalue weighted by molar-refractivity contribution is 0.0100. The van der Waals surface area contributed by atoms with E-state index in [-0.39, 0.29) is 18.9 Å². The van der Waals surface area contributed by atoms with Crippen LogP contribution in [0.2, 0.25) is 0 Å². The van der Waals surface area contributed by atoms with Crippen LogP contribution in [0.1, 0.15) is 17.4 Å². The lowest BCUT2D eigenvalue weighted by Gasteiger charge is -2.11. The quantitative estimate of drug-likeness (QED) is 0.737. The van der Waals surface area contributed by atoms with Crippen molar-refractivity contribution in [2.75, 3.05) is 13.2 Å². The highest BCUT2D eigenvalue weighted by Gasteiger charge is 2.24. The Balaban J connectivity index is 2.08. The van der Waals surface area contributed by atoms with Gasteiger partial charge in [-0.2, -0.15) is 5.26 Å². The summed E-state index contributed by atoms with van der Waals surface area (Å²) in [6.45, 7) is 0.681. The van der Waals surface area contributed by atoms with Gasteiger partial charge in [0.2, 0.25) is 0 Å². The van der Waals surface area contributed by atoms with Crippen LogP contribution in [0.25, 0.3) is 0 Å². The van der Waals surface area contributed by atoms with Crippen LogP contribution in [0.15, 0.2) is 24.3 Å². The van der Waals surface area contributed by atoms with Gasteiger partial charge in [-0.05, 0) is 17.7 Å². The number of rotatable bonds is 2. The molecule has 0 aromatic heterocycles.